The SMILES string of the molecule is O=C(O[C@@H]1c2ccccc2C[C@@H]1O)N1CCCC1. The maximum Gasteiger partial charge on any atom is 0.410 e. The molecule has 1 aromatic rings. The van der Waals surface area contributed by atoms with Crippen molar-refractivity contribution in [2.24, 2.45) is 0 Å². The number of ether oxygens (including phenoxy) is 1. The second kappa shape index (κ2) is 4.61. The van der Waals surface area contributed by atoms with E-state index < -0.39 is 12.2 Å². The Morgan fingerprint density at radius 1 is 1.28 bits per heavy atom. The van der Waals surface area contributed by atoms with Gasteiger partial charge in [0.2, 0.25) is 0 Å². The van der Waals surface area contributed by atoms with Crippen molar-refractivity contribution < 1.29 is 14.6 Å². The van der Waals surface area contributed by atoms with E-state index in [9.17, 15) is 9.90 Å². The van der Waals surface area contributed by atoms with Crippen LogP contribution in [0.1, 0.15) is 30.1 Å². The van der Waals surface area contributed by atoms with Gasteiger partial charge in [0.05, 0.1) is 6.10 Å². The number of rotatable bonds is 1. The number of amides is 1. The highest BCUT2D eigenvalue weighted by molar-refractivity contribution is 5.68. The lowest BCUT2D eigenvalue weighted by molar-refractivity contribution is -0.000661. The van der Waals surface area contributed by atoms with Gasteiger partial charge in [0.15, 0.2) is 6.10 Å². The zero-order valence-electron chi connectivity index (χ0n) is 10.2. The smallest absolute Gasteiger partial charge is 0.410 e. The number of carbonyl (C=O) groups is 1. The summed E-state index contributed by atoms with van der Waals surface area (Å²) in [5.74, 6) is 0. The summed E-state index contributed by atoms with van der Waals surface area (Å²) in [6.45, 7) is 1.53. The van der Waals surface area contributed by atoms with Crippen molar-refractivity contribution in [2.45, 2.75) is 31.5 Å². The molecule has 0 spiro atoms. The topological polar surface area (TPSA) is 49.8 Å². The number of hydrogen-bond donors (Lipinski definition) is 1. The summed E-state index contributed by atoms with van der Waals surface area (Å²) in [6, 6.07) is 7.75. The van der Waals surface area contributed by atoms with Gasteiger partial charge in [-0.2, -0.15) is 0 Å². The minimum atomic E-state index is -0.617. The minimum Gasteiger partial charge on any atom is -0.438 e. The molecule has 4 nitrogen and oxygen atoms in total. The zero-order valence-corrected chi connectivity index (χ0v) is 10.2. The highest BCUT2D eigenvalue weighted by Crippen LogP contribution is 2.34. The molecule has 1 saturated heterocycles. The van der Waals surface area contributed by atoms with Crippen molar-refractivity contribution in [1.29, 1.82) is 0 Å². The molecule has 0 aromatic heterocycles. The van der Waals surface area contributed by atoms with Gasteiger partial charge in [0.25, 0.3) is 0 Å². The molecule has 0 saturated carbocycles. The van der Waals surface area contributed by atoms with Crippen molar-refractivity contribution in [2.75, 3.05) is 13.1 Å². The Morgan fingerprint density at radius 2 is 2.00 bits per heavy atom. The van der Waals surface area contributed by atoms with Crippen LogP contribution >= 0.6 is 0 Å². The first-order chi connectivity index (χ1) is 8.75. The van der Waals surface area contributed by atoms with Gasteiger partial charge in [-0.05, 0) is 24.0 Å². The molecule has 1 amide bonds. The van der Waals surface area contributed by atoms with E-state index in [1.807, 2.05) is 24.3 Å². The van der Waals surface area contributed by atoms with Gasteiger partial charge in [-0.15, -0.1) is 0 Å². The lowest BCUT2D eigenvalue weighted by Crippen LogP contribution is -2.31. The van der Waals surface area contributed by atoms with Crippen molar-refractivity contribution in [3.63, 3.8) is 0 Å². The maximum atomic E-state index is 11.9. The number of benzene rings is 1. The Labute approximate surface area is 106 Å². The van der Waals surface area contributed by atoms with E-state index in [4.69, 9.17) is 4.74 Å². The third-order valence-corrected chi connectivity index (χ3v) is 3.73. The molecule has 1 N–H and O–H groups in total. The Morgan fingerprint density at radius 3 is 2.78 bits per heavy atom. The summed E-state index contributed by atoms with van der Waals surface area (Å²) in [5, 5.41) is 10.0. The van der Waals surface area contributed by atoms with Crippen LogP contribution in [0.2, 0.25) is 0 Å². The standard InChI is InChI=1S/C14H17NO3/c16-12-9-10-5-1-2-6-11(10)13(12)18-14(17)15-7-3-4-8-15/h1-2,5-6,12-13,16H,3-4,7-9H2/t12-,13+/m0/s1. The molecule has 0 radical (unpaired) electrons. The van der Waals surface area contributed by atoms with Crippen LogP contribution in [0.4, 0.5) is 4.79 Å². The fourth-order valence-electron chi connectivity index (χ4n) is 2.76. The largest absolute Gasteiger partial charge is 0.438 e. The number of nitrogens with zero attached hydrogens (tertiary/aromatic N) is 1. The predicted molar refractivity (Wildman–Crippen MR) is 66.2 cm³/mol. The Balaban J connectivity index is 1.74. The molecule has 0 unspecified atom stereocenters. The van der Waals surface area contributed by atoms with Gasteiger partial charge in [0, 0.05) is 19.5 Å². The summed E-state index contributed by atoms with van der Waals surface area (Å²) in [4.78, 5) is 13.7. The van der Waals surface area contributed by atoms with Crippen molar-refractivity contribution >= 4 is 6.09 Å². The first-order valence-electron chi connectivity index (χ1n) is 6.47. The summed E-state index contributed by atoms with van der Waals surface area (Å²) >= 11 is 0. The molecule has 0 bridgehead atoms. The fourth-order valence-corrected chi connectivity index (χ4v) is 2.76. The highest BCUT2D eigenvalue weighted by atomic mass is 16.6. The van der Waals surface area contributed by atoms with E-state index in [0.29, 0.717) is 6.42 Å². The number of fused-ring (bicyclic) bond motifs is 1. The molecular weight excluding hydrogens is 230 g/mol. The highest BCUT2D eigenvalue weighted by Gasteiger charge is 2.35. The Hall–Kier alpha value is -1.55. The quantitative estimate of drug-likeness (QED) is 0.824. The van der Waals surface area contributed by atoms with Gasteiger partial charge in [0.1, 0.15) is 0 Å². The van der Waals surface area contributed by atoms with E-state index in [1.54, 1.807) is 4.90 Å². The lowest BCUT2D eigenvalue weighted by atomic mass is 10.1. The Bertz CT molecular complexity index is 454. The lowest BCUT2D eigenvalue weighted by Gasteiger charge is -2.21. The second-order valence-corrected chi connectivity index (χ2v) is 4.97. The normalized spacial score (nSPS) is 26.2. The van der Waals surface area contributed by atoms with Crippen LogP contribution in [0.3, 0.4) is 0 Å². The number of carbonyl (C=O) groups excluding carboxylic acids is 1. The number of aliphatic hydroxyl groups excluding tert-OH is 1. The monoisotopic (exact) mass is 247 g/mol. The molecule has 2 aliphatic rings. The van der Waals surface area contributed by atoms with Gasteiger partial charge >= 0.3 is 6.09 Å². The van der Waals surface area contributed by atoms with Crippen LogP contribution in [-0.2, 0) is 11.2 Å². The molecule has 1 aliphatic heterocycles. The minimum absolute atomic E-state index is 0.298. The van der Waals surface area contributed by atoms with Crippen LogP contribution in [-0.4, -0.2) is 35.3 Å². The molecular formula is C14H17NO3. The van der Waals surface area contributed by atoms with E-state index in [0.717, 1.165) is 37.1 Å². The molecule has 2 atom stereocenters. The van der Waals surface area contributed by atoms with Gasteiger partial charge in [-0.25, -0.2) is 4.79 Å². The van der Waals surface area contributed by atoms with Gasteiger partial charge < -0.3 is 14.7 Å². The number of aliphatic hydroxyl groups is 1. The number of hydrogen-bond acceptors (Lipinski definition) is 3. The van der Waals surface area contributed by atoms with Crippen LogP contribution < -0.4 is 0 Å². The summed E-state index contributed by atoms with van der Waals surface area (Å²) in [6.07, 6.45) is 1.22. The first-order valence-corrected chi connectivity index (χ1v) is 6.47. The maximum absolute atomic E-state index is 11.9. The van der Waals surface area contributed by atoms with Gasteiger partial charge in [-0.1, -0.05) is 24.3 Å². The van der Waals surface area contributed by atoms with Gasteiger partial charge in [-0.3, -0.25) is 0 Å². The van der Waals surface area contributed by atoms with Crippen LogP contribution in [0.5, 0.6) is 0 Å². The molecule has 96 valence electrons. The van der Waals surface area contributed by atoms with E-state index in [2.05, 4.69) is 0 Å². The summed E-state index contributed by atoms with van der Waals surface area (Å²) in [7, 11) is 0. The zero-order chi connectivity index (χ0) is 12.5. The van der Waals surface area contributed by atoms with Crippen LogP contribution in [0, 0.1) is 0 Å². The molecule has 1 aliphatic carbocycles. The van der Waals surface area contributed by atoms with Crippen molar-refractivity contribution in [1.82, 2.24) is 4.90 Å². The number of likely N-dealkylation sites (tertiary alicyclic amines) is 1. The summed E-state index contributed by atoms with van der Waals surface area (Å²) < 4.78 is 5.47. The van der Waals surface area contributed by atoms with Crippen LogP contribution in [0.25, 0.3) is 0 Å². The summed E-state index contributed by atoms with van der Waals surface area (Å²) in [5.41, 5.74) is 2.02. The van der Waals surface area contributed by atoms with Crippen molar-refractivity contribution in [3.05, 3.63) is 35.4 Å². The first kappa shape index (κ1) is 11.5. The van der Waals surface area contributed by atoms with E-state index >= 15 is 0 Å². The molecule has 1 heterocycles. The van der Waals surface area contributed by atoms with Crippen molar-refractivity contribution in [3.8, 4) is 0 Å². The van der Waals surface area contributed by atoms with E-state index in [-0.39, 0.29) is 6.09 Å². The molecule has 4 heteroatoms. The molecule has 3 rings (SSSR count). The Kier molecular flexibility index (Phi) is 2.96. The predicted octanol–water partition coefficient (Wildman–Crippen LogP) is 1.88. The third-order valence-electron chi connectivity index (χ3n) is 3.73. The molecule has 1 fully saturated rings. The molecule has 1 aromatic carbocycles. The van der Waals surface area contributed by atoms with Crippen LogP contribution in [0.15, 0.2) is 24.3 Å². The fraction of sp³-hybridized carbons (Fsp3) is 0.500. The average Bonchev–Trinajstić information content (AvgIpc) is 2.98. The third kappa shape index (κ3) is 1.97. The molecule has 18 heavy (non-hydrogen) atoms. The average molecular weight is 247 g/mol. The van der Waals surface area contributed by atoms with E-state index in [1.165, 1.54) is 0 Å². The second-order valence-electron chi connectivity index (χ2n) is 4.97.